The van der Waals surface area contributed by atoms with E-state index in [1.54, 1.807) is 0 Å². The summed E-state index contributed by atoms with van der Waals surface area (Å²) in [4.78, 5) is 0. The summed E-state index contributed by atoms with van der Waals surface area (Å²) in [6.45, 7) is 16.0. The molecule has 0 radical (unpaired) electrons. The topological polar surface area (TPSA) is 29.9 Å². The van der Waals surface area contributed by atoms with Crippen molar-refractivity contribution < 1.29 is 0 Å². The predicted octanol–water partition coefficient (Wildman–Crippen LogP) is 3.68. The second kappa shape index (κ2) is 6.76. The van der Waals surface area contributed by atoms with E-state index in [1.807, 2.05) is 11.6 Å². The van der Waals surface area contributed by atoms with Crippen molar-refractivity contribution in [2.45, 2.75) is 54.5 Å². The lowest BCUT2D eigenvalue weighted by Gasteiger charge is -2.31. The summed E-state index contributed by atoms with van der Waals surface area (Å²) < 4.78 is 2.04. The normalized spacial score (nSPS) is 13.8. The van der Waals surface area contributed by atoms with Crippen LogP contribution in [0.15, 0.2) is 0 Å². The number of nitrogens with one attached hydrogen (secondary N) is 1. The summed E-state index contributed by atoms with van der Waals surface area (Å²) in [6.07, 6.45) is 0.976. The molecule has 1 atom stereocenters. The first-order chi connectivity index (χ1) is 8.81. The van der Waals surface area contributed by atoms with Crippen LogP contribution in [0.4, 0.5) is 0 Å². The number of hydrogen-bond acceptors (Lipinski definition) is 2. The van der Waals surface area contributed by atoms with Crippen LogP contribution in [-0.4, -0.2) is 22.9 Å². The van der Waals surface area contributed by atoms with Crippen LogP contribution in [0.1, 0.15) is 46.0 Å². The van der Waals surface area contributed by atoms with E-state index in [0.29, 0.717) is 5.92 Å². The van der Waals surface area contributed by atoms with E-state index in [1.165, 1.54) is 5.69 Å². The highest BCUT2D eigenvalue weighted by molar-refractivity contribution is 6.31. The SMILES string of the molecule is CCNCC(Cc1c(Cl)c(C)nn1CC)C(C)(C)C. The van der Waals surface area contributed by atoms with Gasteiger partial charge in [0.2, 0.25) is 0 Å². The van der Waals surface area contributed by atoms with Gasteiger partial charge in [0, 0.05) is 6.54 Å². The van der Waals surface area contributed by atoms with Crippen LogP contribution in [0.3, 0.4) is 0 Å². The first kappa shape index (κ1) is 16.5. The van der Waals surface area contributed by atoms with E-state index in [4.69, 9.17) is 11.6 Å². The molecule has 1 aromatic rings. The fourth-order valence-corrected chi connectivity index (χ4v) is 2.51. The summed E-state index contributed by atoms with van der Waals surface area (Å²) >= 11 is 6.42. The van der Waals surface area contributed by atoms with Gasteiger partial charge in [-0.05, 0) is 44.7 Å². The number of halogens is 1. The molecule has 0 aromatic carbocycles. The van der Waals surface area contributed by atoms with Crippen LogP contribution >= 0.6 is 11.6 Å². The molecule has 0 amide bonds. The van der Waals surface area contributed by atoms with Crippen molar-refractivity contribution in [3.8, 4) is 0 Å². The molecule has 0 aliphatic rings. The molecule has 110 valence electrons. The van der Waals surface area contributed by atoms with Crippen molar-refractivity contribution in [1.82, 2.24) is 15.1 Å². The summed E-state index contributed by atoms with van der Waals surface area (Å²) in [7, 11) is 0. The highest BCUT2D eigenvalue weighted by Crippen LogP contribution is 2.31. The minimum atomic E-state index is 0.252. The minimum absolute atomic E-state index is 0.252. The third-order valence-corrected chi connectivity index (χ3v) is 4.25. The van der Waals surface area contributed by atoms with Gasteiger partial charge in [0.25, 0.3) is 0 Å². The lowest BCUT2D eigenvalue weighted by Crippen LogP contribution is -2.34. The summed E-state index contributed by atoms with van der Waals surface area (Å²) in [6, 6.07) is 0. The first-order valence-electron chi connectivity index (χ1n) is 7.23. The fraction of sp³-hybridized carbons (Fsp3) is 0.800. The summed E-state index contributed by atoms with van der Waals surface area (Å²) in [5.74, 6) is 0.548. The van der Waals surface area contributed by atoms with Crippen LogP contribution in [-0.2, 0) is 13.0 Å². The number of hydrogen-bond donors (Lipinski definition) is 1. The van der Waals surface area contributed by atoms with Gasteiger partial charge in [-0.25, -0.2) is 0 Å². The Morgan fingerprint density at radius 2 is 1.95 bits per heavy atom. The molecule has 1 heterocycles. The molecular weight excluding hydrogens is 258 g/mol. The zero-order valence-electron chi connectivity index (χ0n) is 13.2. The van der Waals surface area contributed by atoms with E-state index in [2.05, 4.69) is 45.0 Å². The molecule has 1 rings (SSSR count). The molecule has 1 N–H and O–H groups in total. The predicted molar refractivity (Wildman–Crippen MR) is 82.8 cm³/mol. The van der Waals surface area contributed by atoms with Crippen molar-refractivity contribution in [2.75, 3.05) is 13.1 Å². The van der Waals surface area contributed by atoms with Crippen LogP contribution < -0.4 is 5.32 Å². The first-order valence-corrected chi connectivity index (χ1v) is 7.61. The molecule has 0 fully saturated rings. The van der Waals surface area contributed by atoms with Crippen LogP contribution in [0, 0.1) is 18.3 Å². The van der Waals surface area contributed by atoms with Crippen molar-refractivity contribution in [1.29, 1.82) is 0 Å². The number of rotatable bonds is 6. The Morgan fingerprint density at radius 3 is 2.42 bits per heavy atom. The largest absolute Gasteiger partial charge is 0.317 e. The van der Waals surface area contributed by atoms with Gasteiger partial charge in [-0.1, -0.05) is 39.3 Å². The van der Waals surface area contributed by atoms with Crippen molar-refractivity contribution >= 4 is 11.6 Å². The van der Waals surface area contributed by atoms with Crippen LogP contribution in [0.2, 0.25) is 5.02 Å². The Hall–Kier alpha value is -0.540. The molecule has 0 aliphatic carbocycles. The highest BCUT2D eigenvalue weighted by Gasteiger charge is 2.27. The molecular formula is C15H28ClN3. The van der Waals surface area contributed by atoms with E-state index in [0.717, 1.165) is 36.8 Å². The smallest absolute Gasteiger partial charge is 0.0847 e. The van der Waals surface area contributed by atoms with Crippen LogP contribution in [0.5, 0.6) is 0 Å². The van der Waals surface area contributed by atoms with Gasteiger partial charge in [0.15, 0.2) is 0 Å². The quantitative estimate of drug-likeness (QED) is 0.864. The van der Waals surface area contributed by atoms with Gasteiger partial charge < -0.3 is 5.32 Å². The molecule has 3 nitrogen and oxygen atoms in total. The molecule has 0 saturated heterocycles. The molecule has 0 aliphatic heterocycles. The zero-order valence-corrected chi connectivity index (χ0v) is 13.9. The van der Waals surface area contributed by atoms with Gasteiger partial charge in [-0.3, -0.25) is 4.68 Å². The average Bonchev–Trinajstić information content (AvgIpc) is 2.60. The van der Waals surface area contributed by atoms with Gasteiger partial charge in [0.05, 0.1) is 16.4 Å². The monoisotopic (exact) mass is 285 g/mol. The van der Waals surface area contributed by atoms with Crippen molar-refractivity contribution in [3.63, 3.8) is 0 Å². The number of nitrogens with zero attached hydrogens (tertiary/aromatic N) is 2. The maximum Gasteiger partial charge on any atom is 0.0847 e. The second-order valence-corrected chi connectivity index (χ2v) is 6.61. The lowest BCUT2D eigenvalue weighted by molar-refractivity contribution is 0.228. The minimum Gasteiger partial charge on any atom is -0.317 e. The van der Waals surface area contributed by atoms with Gasteiger partial charge in [-0.2, -0.15) is 5.10 Å². The van der Waals surface area contributed by atoms with Gasteiger partial charge in [0.1, 0.15) is 0 Å². The summed E-state index contributed by atoms with van der Waals surface area (Å²) in [5.41, 5.74) is 2.37. The van der Waals surface area contributed by atoms with E-state index in [9.17, 15) is 0 Å². The Bertz CT molecular complexity index is 404. The molecule has 0 saturated carbocycles. The highest BCUT2D eigenvalue weighted by atomic mass is 35.5. The van der Waals surface area contributed by atoms with Gasteiger partial charge in [-0.15, -0.1) is 0 Å². The fourth-order valence-electron chi connectivity index (χ4n) is 2.30. The van der Waals surface area contributed by atoms with Crippen molar-refractivity contribution in [2.24, 2.45) is 11.3 Å². The Kier molecular flexibility index (Phi) is 5.87. The Balaban J connectivity index is 2.96. The number of aryl methyl sites for hydroxylation is 2. The van der Waals surface area contributed by atoms with Gasteiger partial charge >= 0.3 is 0 Å². The van der Waals surface area contributed by atoms with E-state index < -0.39 is 0 Å². The standard InChI is InChI=1S/C15H28ClN3/c1-7-17-10-12(15(4,5)6)9-13-14(16)11(3)18-19(13)8-2/h12,17H,7-10H2,1-6H3. The molecule has 19 heavy (non-hydrogen) atoms. The Labute approximate surface area is 122 Å². The maximum absolute atomic E-state index is 6.42. The molecule has 0 spiro atoms. The maximum atomic E-state index is 6.42. The van der Waals surface area contributed by atoms with Crippen molar-refractivity contribution in [3.05, 3.63) is 16.4 Å². The number of aromatic nitrogens is 2. The molecule has 0 bridgehead atoms. The third-order valence-electron chi connectivity index (χ3n) is 3.76. The molecule has 1 aromatic heterocycles. The Morgan fingerprint density at radius 1 is 1.32 bits per heavy atom. The summed E-state index contributed by atoms with van der Waals surface area (Å²) in [5, 5.41) is 8.81. The second-order valence-electron chi connectivity index (χ2n) is 6.24. The average molecular weight is 286 g/mol. The molecule has 1 unspecified atom stereocenters. The molecule has 4 heteroatoms. The third kappa shape index (κ3) is 4.22. The van der Waals surface area contributed by atoms with Crippen LogP contribution in [0.25, 0.3) is 0 Å². The lowest BCUT2D eigenvalue weighted by atomic mass is 9.78. The zero-order chi connectivity index (χ0) is 14.6. The van der Waals surface area contributed by atoms with E-state index >= 15 is 0 Å². The van der Waals surface area contributed by atoms with E-state index in [-0.39, 0.29) is 5.41 Å².